The Bertz CT molecular complexity index is 203. The molecule has 1 fully saturated rings. The van der Waals surface area contributed by atoms with E-state index < -0.39 is 0 Å². The van der Waals surface area contributed by atoms with Crippen LogP contribution in [0.2, 0.25) is 0 Å². The predicted molar refractivity (Wildman–Crippen MR) is 67.5 cm³/mol. The molecule has 16 heavy (non-hydrogen) atoms. The van der Waals surface area contributed by atoms with Crippen LogP contribution in [0, 0.1) is 11.3 Å². The number of aliphatic hydroxyl groups is 1. The highest BCUT2D eigenvalue weighted by molar-refractivity contribution is 4.91. The van der Waals surface area contributed by atoms with Crippen molar-refractivity contribution < 1.29 is 9.84 Å². The Labute approximate surface area is 100 Å². The van der Waals surface area contributed by atoms with Gasteiger partial charge in [-0.1, -0.05) is 27.2 Å². The number of ether oxygens (including phenoxy) is 1. The second-order valence-corrected chi connectivity index (χ2v) is 5.89. The molecule has 0 aromatic heterocycles. The van der Waals surface area contributed by atoms with Crippen LogP contribution in [0.4, 0.5) is 0 Å². The summed E-state index contributed by atoms with van der Waals surface area (Å²) in [5.41, 5.74) is 0.211. The topological polar surface area (TPSA) is 29.5 Å². The van der Waals surface area contributed by atoms with Crippen molar-refractivity contribution in [1.82, 2.24) is 0 Å². The van der Waals surface area contributed by atoms with Crippen LogP contribution in [-0.2, 0) is 4.74 Å². The van der Waals surface area contributed by atoms with Crippen molar-refractivity contribution in [2.24, 2.45) is 11.3 Å². The average Bonchev–Trinajstić information content (AvgIpc) is 2.30. The monoisotopic (exact) mass is 228 g/mol. The van der Waals surface area contributed by atoms with E-state index in [4.69, 9.17) is 4.74 Å². The first-order chi connectivity index (χ1) is 7.49. The Morgan fingerprint density at radius 1 is 1.25 bits per heavy atom. The minimum Gasteiger partial charge on any atom is -0.393 e. The normalized spacial score (nSPS) is 31.7. The minimum atomic E-state index is -0.227. The molecular formula is C14H28O2. The fraction of sp³-hybridized carbons (Fsp3) is 1.00. The summed E-state index contributed by atoms with van der Waals surface area (Å²) in [7, 11) is 0. The first-order valence-electron chi connectivity index (χ1n) is 6.74. The maximum atomic E-state index is 9.49. The van der Waals surface area contributed by atoms with Gasteiger partial charge in [-0.2, -0.15) is 0 Å². The van der Waals surface area contributed by atoms with Crippen molar-refractivity contribution in [3.05, 3.63) is 0 Å². The van der Waals surface area contributed by atoms with Crippen LogP contribution in [0.15, 0.2) is 0 Å². The van der Waals surface area contributed by atoms with Crippen LogP contribution < -0.4 is 0 Å². The molecule has 0 amide bonds. The minimum absolute atomic E-state index is 0.181. The molecule has 0 aliphatic heterocycles. The van der Waals surface area contributed by atoms with E-state index in [1.165, 1.54) is 19.3 Å². The standard InChI is InChI=1S/C14H28O2/c1-5-13(3,4)12-7-9-14(11-15,10-8-12)16-6-2/h12,15H,5-11H2,1-4H3. The Hall–Kier alpha value is -0.0800. The molecule has 0 bridgehead atoms. The van der Waals surface area contributed by atoms with E-state index in [1.807, 2.05) is 6.92 Å². The average molecular weight is 228 g/mol. The van der Waals surface area contributed by atoms with E-state index in [9.17, 15) is 5.11 Å². The highest BCUT2D eigenvalue weighted by atomic mass is 16.5. The van der Waals surface area contributed by atoms with E-state index in [1.54, 1.807) is 0 Å². The van der Waals surface area contributed by atoms with E-state index >= 15 is 0 Å². The van der Waals surface area contributed by atoms with E-state index in [0.29, 0.717) is 12.0 Å². The van der Waals surface area contributed by atoms with Gasteiger partial charge in [0.25, 0.3) is 0 Å². The molecule has 1 N–H and O–H groups in total. The molecule has 0 heterocycles. The quantitative estimate of drug-likeness (QED) is 0.781. The molecule has 1 rings (SSSR count). The Morgan fingerprint density at radius 3 is 2.19 bits per heavy atom. The van der Waals surface area contributed by atoms with Gasteiger partial charge in [0, 0.05) is 6.61 Å². The summed E-state index contributed by atoms with van der Waals surface area (Å²) in [6.07, 6.45) is 5.66. The molecule has 2 heteroatoms. The van der Waals surface area contributed by atoms with Crippen molar-refractivity contribution in [3.63, 3.8) is 0 Å². The molecule has 2 nitrogen and oxygen atoms in total. The zero-order valence-corrected chi connectivity index (χ0v) is 11.4. The summed E-state index contributed by atoms with van der Waals surface area (Å²) in [6.45, 7) is 9.91. The second-order valence-electron chi connectivity index (χ2n) is 5.89. The molecule has 0 saturated heterocycles. The summed E-state index contributed by atoms with van der Waals surface area (Å²) < 4.78 is 5.76. The molecule has 0 spiro atoms. The maximum Gasteiger partial charge on any atom is 0.0912 e. The van der Waals surface area contributed by atoms with Gasteiger partial charge >= 0.3 is 0 Å². The molecule has 1 aliphatic carbocycles. The van der Waals surface area contributed by atoms with E-state index in [0.717, 1.165) is 18.8 Å². The molecule has 0 aromatic rings. The van der Waals surface area contributed by atoms with E-state index in [2.05, 4.69) is 20.8 Å². The first-order valence-corrected chi connectivity index (χ1v) is 6.74. The van der Waals surface area contributed by atoms with Crippen molar-refractivity contribution in [2.75, 3.05) is 13.2 Å². The van der Waals surface area contributed by atoms with Crippen LogP contribution in [0.25, 0.3) is 0 Å². The third kappa shape index (κ3) is 2.98. The SMILES string of the molecule is CCOC1(CO)CCC(C(C)(C)CC)CC1. The summed E-state index contributed by atoms with van der Waals surface area (Å²) in [4.78, 5) is 0. The smallest absolute Gasteiger partial charge is 0.0912 e. The van der Waals surface area contributed by atoms with Gasteiger partial charge in [0.2, 0.25) is 0 Å². The molecule has 0 atom stereocenters. The summed E-state index contributed by atoms with van der Waals surface area (Å²) in [5.74, 6) is 0.789. The molecule has 0 radical (unpaired) electrons. The van der Waals surface area contributed by atoms with Crippen LogP contribution in [0.5, 0.6) is 0 Å². The molecule has 1 saturated carbocycles. The van der Waals surface area contributed by atoms with Crippen LogP contribution in [0.3, 0.4) is 0 Å². The Balaban J connectivity index is 2.55. The Morgan fingerprint density at radius 2 is 1.81 bits per heavy atom. The zero-order valence-electron chi connectivity index (χ0n) is 11.4. The fourth-order valence-electron chi connectivity index (χ4n) is 2.87. The number of aliphatic hydroxyl groups excluding tert-OH is 1. The molecule has 0 unspecified atom stereocenters. The van der Waals surface area contributed by atoms with E-state index in [-0.39, 0.29) is 12.2 Å². The lowest BCUT2D eigenvalue weighted by Gasteiger charge is -2.44. The first kappa shape index (κ1) is 14.0. The number of hydrogen-bond acceptors (Lipinski definition) is 2. The summed E-state index contributed by atoms with van der Waals surface area (Å²) >= 11 is 0. The molecular weight excluding hydrogens is 200 g/mol. The molecule has 0 aromatic carbocycles. The van der Waals surface area contributed by atoms with Gasteiger partial charge < -0.3 is 9.84 Å². The van der Waals surface area contributed by atoms with Crippen LogP contribution in [0.1, 0.15) is 59.8 Å². The van der Waals surface area contributed by atoms with Crippen LogP contribution in [-0.4, -0.2) is 23.9 Å². The lowest BCUT2D eigenvalue weighted by molar-refractivity contribution is -0.111. The van der Waals surface area contributed by atoms with Gasteiger partial charge in [0.15, 0.2) is 0 Å². The van der Waals surface area contributed by atoms with Crippen LogP contribution >= 0.6 is 0 Å². The molecule has 1 aliphatic rings. The maximum absolute atomic E-state index is 9.49. The lowest BCUT2D eigenvalue weighted by atomic mass is 9.66. The van der Waals surface area contributed by atoms with Gasteiger partial charge in [0.05, 0.1) is 12.2 Å². The van der Waals surface area contributed by atoms with Crippen molar-refractivity contribution in [1.29, 1.82) is 0 Å². The third-order valence-electron chi connectivity index (χ3n) is 4.65. The second kappa shape index (κ2) is 5.50. The fourth-order valence-corrected chi connectivity index (χ4v) is 2.87. The van der Waals surface area contributed by atoms with Gasteiger partial charge in [-0.15, -0.1) is 0 Å². The lowest BCUT2D eigenvalue weighted by Crippen LogP contribution is -2.43. The zero-order chi connectivity index (χ0) is 12.2. The number of hydrogen-bond donors (Lipinski definition) is 1. The van der Waals surface area contributed by atoms with Gasteiger partial charge in [-0.25, -0.2) is 0 Å². The summed E-state index contributed by atoms with van der Waals surface area (Å²) in [6, 6.07) is 0. The molecule has 96 valence electrons. The Kier molecular flexibility index (Phi) is 4.81. The van der Waals surface area contributed by atoms with Crippen molar-refractivity contribution in [2.45, 2.75) is 65.4 Å². The summed E-state index contributed by atoms with van der Waals surface area (Å²) in [5, 5.41) is 9.49. The highest BCUT2D eigenvalue weighted by Crippen LogP contribution is 2.44. The van der Waals surface area contributed by atoms with Gasteiger partial charge in [-0.05, 0) is 43.9 Å². The van der Waals surface area contributed by atoms with Gasteiger partial charge in [-0.3, -0.25) is 0 Å². The predicted octanol–water partition coefficient (Wildman–Crippen LogP) is 3.38. The largest absolute Gasteiger partial charge is 0.393 e. The highest BCUT2D eigenvalue weighted by Gasteiger charge is 2.39. The third-order valence-corrected chi connectivity index (χ3v) is 4.65. The number of rotatable bonds is 5. The van der Waals surface area contributed by atoms with Gasteiger partial charge in [0.1, 0.15) is 0 Å². The van der Waals surface area contributed by atoms with Crippen molar-refractivity contribution >= 4 is 0 Å². The van der Waals surface area contributed by atoms with Crippen molar-refractivity contribution in [3.8, 4) is 0 Å².